The molecule has 0 bridgehead atoms. The van der Waals surface area contributed by atoms with Crippen molar-refractivity contribution in [2.24, 2.45) is 4.99 Å². The van der Waals surface area contributed by atoms with E-state index >= 15 is 0 Å². The topological polar surface area (TPSA) is 57.5 Å². The highest BCUT2D eigenvalue weighted by molar-refractivity contribution is 14.0. The molecule has 1 aliphatic rings. The first-order valence-corrected chi connectivity index (χ1v) is 10.9. The molecule has 0 saturated heterocycles. The number of nitrogens with one attached hydrogen (secondary N) is 2. The number of hydrogen-bond donors (Lipinski definition) is 2. The summed E-state index contributed by atoms with van der Waals surface area (Å²) in [6.07, 6.45) is 11.9. The van der Waals surface area contributed by atoms with Crippen molar-refractivity contribution in [2.45, 2.75) is 57.7 Å². The number of benzene rings is 1. The second kappa shape index (κ2) is 13.6. The average molecular weight is 524 g/mol. The van der Waals surface area contributed by atoms with Gasteiger partial charge in [-0.25, -0.2) is 0 Å². The first-order valence-electron chi connectivity index (χ1n) is 10.9. The van der Waals surface area contributed by atoms with Crippen LogP contribution in [0.1, 0.15) is 49.7 Å². The van der Waals surface area contributed by atoms with E-state index < -0.39 is 0 Å². The Hall–Kier alpha value is -1.61. The van der Waals surface area contributed by atoms with Gasteiger partial charge in [-0.2, -0.15) is 5.10 Å². The van der Waals surface area contributed by atoms with E-state index in [2.05, 4.69) is 56.9 Å². The van der Waals surface area contributed by atoms with E-state index in [0.29, 0.717) is 0 Å². The van der Waals surface area contributed by atoms with Crippen LogP contribution < -0.4 is 10.6 Å². The molecule has 0 atom stereocenters. The Kier molecular flexibility index (Phi) is 11.2. The van der Waals surface area contributed by atoms with Crippen molar-refractivity contribution in [1.29, 1.82) is 0 Å². The zero-order valence-corrected chi connectivity index (χ0v) is 20.7. The minimum atomic E-state index is 0. The number of nitrogens with zero attached hydrogens (tertiary/aromatic N) is 4. The van der Waals surface area contributed by atoms with E-state index in [0.717, 1.165) is 44.6 Å². The second-order valence-electron chi connectivity index (χ2n) is 7.95. The Morgan fingerprint density at radius 2 is 1.90 bits per heavy atom. The molecule has 30 heavy (non-hydrogen) atoms. The quantitative estimate of drug-likeness (QED) is 0.226. The number of hydrogen-bond acceptors (Lipinski definition) is 3. The number of halogens is 1. The Bertz CT molecular complexity index is 740. The number of rotatable bonds is 9. The van der Waals surface area contributed by atoms with Crippen LogP contribution in [-0.2, 0) is 13.1 Å². The molecule has 7 heteroatoms. The lowest BCUT2D eigenvalue weighted by molar-refractivity contribution is 0.190. The third-order valence-corrected chi connectivity index (χ3v) is 5.86. The zero-order valence-electron chi connectivity index (χ0n) is 18.4. The Labute approximate surface area is 198 Å². The van der Waals surface area contributed by atoms with Gasteiger partial charge in [0.1, 0.15) is 0 Å². The van der Waals surface area contributed by atoms with Crippen molar-refractivity contribution in [3.63, 3.8) is 0 Å². The molecule has 0 amide bonds. The van der Waals surface area contributed by atoms with E-state index in [4.69, 9.17) is 0 Å². The fraction of sp³-hybridized carbons (Fsp3) is 0.565. The van der Waals surface area contributed by atoms with Crippen LogP contribution in [0.25, 0.3) is 0 Å². The summed E-state index contributed by atoms with van der Waals surface area (Å²) >= 11 is 0. The molecular weight excluding hydrogens is 487 g/mol. The fourth-order valence-electron chi connectivity index (χ4n) is 4.09. The third kappa shape index (κ3) is 7.91. The molecule has 1 heterocycles. The summed E-state index contributed by atoms with van der Waals surface area (Å²) in [5.41, 5.74) is 2.54. The molecule has 0 unspecified atom stereocenters. The maximum Gasteiger partial charge on any atom is 0.191 e. The van der Waals surface area contributed by atoms with Crippen LogP contribution in [0.15, 0.2) is 47.7 Å². The van der Waals surface area contributed by atoms with Gasteiger partial charge in [0.05, 0.1) is 6.54 Å². The van der Waals surface area contributed by atoms with E-state index in [1.54, 1.807) is 0 Å². The van der Waals surface area contributed by atoms with E-state index in [1.807, 2.05) is 30.2 Å². The van der Waals surface area contributed by atoms with Crippen molar-refractivity contribution in [3.8, 4) is 0 Å². The maximum atomic E-state index is 4.38. The molecule has 0 spiro atoms. The van der Waals surface area contributed by atoms with Gasteiger partial charge in [-0.05, 0) is 50.0 Å². The van der Waals surface area contributed by atoms with E-state index in [9.17, 15) is 0 Å². The minimum Gasteiger partial charge on any atom is -0.356 e. The summed E-state index contributed by atoms with van der Waals surface area (Å²) < 4.78 is 1.95. The lowest BCUT2D eigenvalue weighted by Crippen LogP contribution is -2.39. The monoisotopic (exact) mass is 524 g/mol. The van der Waals surface area contributed by atoms with Crippen molar-refractivity contribution in [2.75, 3.05) is 27.2 Å². The smallest absolute Gasteiger partial charge is 0.191 e. The van der Waals surface area contributed by atoms with Gasteiger partial charge in [-0.3, -0.25) is 9.67 Å². The normalized spacial score (nSPS) is 15.1. The summed E-state index contributed by atoms with van der Waals surface area (Å²) in [6, 6.07) is 11.2. The number of aliphatic imine (C=N–C) groups is 1. The molecule has 1 saturated carbocycles. The molecule has 0 radical (unpaired) electrons. The lowest BCUT2D eigenvalue weighted by Gasteiger charge is -2.31. The Morgan fingerprint density at radius 1 is 1.13 bits per heavy atom. The molecule has 1 aromatic heterocycles. The lowest BCUT2D eigenvalue weighted by atomic mass is 9.94. The molecule has 2 aromatic rings. The highest BCUT2D eigenvalue weighted by atomic mass is 127. The van der Waals surface area contributed by atoms with Gasteiger partial charge in [0, 0.05) is 38.6 Å². The van der Waals surface area contributed by atoms with Crippen LogP contribution in [0.2, 0.25) is 0 Å². The third-order valence-electron chi connectivity index (χ3n) is 5.86. The number of guanidine groups is 1. The molecule has 1 fully saturated rings. The standard InChI is InChI=1S/C23H36N6.HI/c1-24-23(25-14-8-16-28(2)22-12-4-3-5-13-22)26-18-20-10-6-7-11-21(20)19-29-17-9-15-27-29;/h6-7,9-11,15,17,22H,3-5,8,12-14,16,18-19H2,1-2H3,(H2,24,25,26);1H. The molecule has 3 rings (SSSR count). The van der Waals surface area contributed by atoms with Crippen LogP contribution in [0, 0.1) is 0 Å². The second-order valence-corrected chi connectivity index (χ2v) is 7.95. The van der Waals surface area contributed by atoms with Crippen molar-refractivity contribution in [1.82, 2.24) is 25.3 Å². The summed E-state index contributed by atoms with van der Waals surface area (Å²) in [4.78, 5) is 6.92. The molecule has 166 valence electrons. The van der Waals surface area contributed by atoms with Gasteiger partial charge < -0.3 is 15.5 Å². The number of aromatic nitrogens is 2. The molecule has 2 N–H and O–H groups in total. The van der Waals surface area contributed by atoms with E-state index in [1.165, 1.54) is 43.2 Å². The largest absolute Gasteiger partial charge is 0.356 e. The van der Waals surface area contributed by atoms with Gasteiger partial charge in [-0.15, -0.1) is 24.0 Å². The highest BCUT2D eigenvalue weighted by Gasteiger charge is 2.17. The predicted octanol–water partition coefficient (Wildman–Crippen LogP) is 3.87. The van der Waals surface area contributed by atoms with Crippen molar-refractivity contribution < 1.29 is 0 Å². The average Bonchev–Trinajstić information content (AvgIpc) is 3.28. The van der Waals surface area contributed by atoms with Crippen molar-refractivity contribution >= 4 is 29.9 Å². The van der Waals surface area contributed by atoms with Gasteiger partial charge in [0.25, 0.3) is 0 Å². The maximum absolute atomic E-state index is 4.38. The van der Waals surface area contributed by atoms with Gasteiger partial charge >= 0.3 is 0 Å². The van der Waals surface area contributed by atoms with Gasteiger partial charge in [0.15, 0.2) is 5.96 Å². The molecule has 0 aliphatic heterocycles. The SMILES string of the molecule is CN=C(NCCCN(C)C1CCCCC1)NCc1ccccc1Cn1cccn1.I. The van der Waals surface area contributed by atoms with Crippen LogP contribution in [0.3, 0.4) is 0 Å². The Morgan fingerprint density at radius 3 is 2.60 bits per heavy atom. The highest BCUT2D eigenvalue weighted by Crippen LogP contribution is 2.21. The minimum absolute atomic E-state index is 0. The fourth-order valence-corrected chi connectivity index (χ4v) is 4.09. The molecule has 6 nitrogen and oxygen atoms in total. The Balaban J connectivity index is 0.00000320. The van der Waals surface area contributed by atoms with Crippen LogP contribution in [0.5, 0.6) is 0 Å². The first kappa shape index (κ1) is 24.7. The van der Waals surface area contributed by atoms with Gasteiger partial charge in [-0.1, -0.05) is 43.5 Å². The van der Waals surface area contributed by atoms with Crippen LogP contribution in [-0.4, -0.2) is 53.9 Å². The summed E-state index contributed by atoms with van der Waals surface area (Å²) in [5.74, 6) is 0.860. The zero-order chi connectivity index (χ0) is 20.3. The van der Waals surface area contributed by atoms with Crippen LogP contribution >= 0.6 is 24.0 Å². The van der Waals surface area contributed by atoms with Crippen molar-refractivity contribution in [3.05, 3.63) is 53.9 Å². The summed E-state index contributed by atoms with van der Waals surface area (Å²) in [7, 11) is 4.11. The summed E-state index contributed by atoms with van der Waals surface area (Å²) in [6.45, 7) is 3.61. The molecule has 1 aliphatic carbocycles. The molecular formula is C23H37IN6. The van der Waals surface area contributed by atoms with Crippen LogP contribution in [0.4, 0.5) is 0 Å². The first-order chi connectivity index (χ1) is 14.3. The predicted molar refractivity (Wildman–Crippen MR) is 136 cm³/mol. The molecule has 1 aromatic carbocycles. The van der Waals surface area contributed by atoms with E-state index in [-0.39, 0.29) is 24.0 Å². The van der Waals surface area contributed by atoms with Gasteiger partial charge in [0.2, 0.25) is 0 Å². The summed E-state index contributed by atoms with van der Waals surface area (Å²) in [5, 5.41) is 11.2.